The van der Waals surface area contributed by atoms with E-state index in [0.29, 0.717) is 16.3 Å². The first-order valence-electron chi connectivity index (χ1n) is 10.1. The van der Waals surface area contributed by atoms with E-state index in [1.807, 2.05) is 0 Å². The minimum atomic E-state index is -1.03. The molecule has 2 aliphatic rings. The van der Waals surface area contributed by atoms with E-state index >= 15 is 0 Å². The Morgan fingerprint density at radius 3 is 2.33 bits per heavy atom. The molecule has 0 radical (unpaired) electrons. The molecule has 5 rings (SSSR count). The number of hydrogen-bond donors (Lipinski definition) is 1. The lowest BCUT2D eigenvalue weighted by atomic mass is 9.91. The van der Waals surface area contributed by atoms with Gasteiger partial charge in [-0.15, -0.1) is 0 Å². The van der Waals surface area contributed by atoms with Gasteiger partial charge in [0.05, 0.1) is 22.7 Å². The lowest BCUT2D eigenvalue weighted by Crippen LogP contribution is -2.48. The molecule has 33 heavy (non-hydrogen) atoms. The molecular formula is C24H16BrCl2N3O3. The summed E-state index contributed by atoms with van der Waals surface area (Å²) in [7, 11) is 0. The van der Waals surface area contributed by atoms with Crippen molar-refractivity contribution in [3.8, 4) is 0 Å². The monoisotopic (exact) mass is 543 g/mol. The zero-order chi connectivity index (χ0) is 23.3. The fourth-order valence-electron chi connectivity index (χ4n) is 4.35. The third-order valence-corrected chi connectivity index (χ3v) is 6.91. The molecule has 0 aromatic heterocycles. The van der Waals surface area contributed by atoms with Gasteiger partial charge in [-0.25, -0.2) is 10.3 Å². The highest BCUT2D eigenvalue weighted by Gasteiger charge is 2.60. The van der Waals surface area contributed by atoms with E-state index < -0.39 is 35.7 Å². The topological polar surface area (TPSA) is 69.7 Å². The van der Waals surface area contributed by atoms with Gasteiger partial charge in [0, 0.05) is 15.1 Å². The van der Waals surface area contributed by atoms with Crippen LogP contribution in [0, 0.1) is 5.92 Å². The van der Waals surface area contributed by atoms with Crippen molar-refractivity contribution < 1.29 is 14.4 Å². The highest BCUT2D eigenvalue weighted by Crippen LogP contribution is 2.43. The van der Waals surface area contributed by atoms with Crippen LogP contribution in [0.25, 0.3) is 0 Å². The third kappa shape index (κ3) is 3.75. The zero-order valence-electron chi connectivity index (χ0n) is 16.9. The van der Waals surface area contributed by atoms with Crippen LogP contribution < -0.4 is 10.3 Å². The number of amides is 3. The standard InChI is InChI=1S/C24H16BrCl2N3O3/c25-15-5-3-4-14(12-15)22(31)30-21-19(20(28-30)13-8-10-16(26)11-9-13)23(32)29(24(21)33)18-7-2-1-6-17(18)27/h1-12,19-21,28H/t19-,20-,21-/m1/s1. The maximum absolute atomic E-state index is 13.6. The average molecular weight is 545 g/mol. The van der Waals surface area contributed by atoms with E-state index in [-0.39, 0.29) is 5.02 Å². The summed E-state index contributed by atoms with van der Waals surface area (Å²) in [4.78, 5) is 41.7. The second-order valence-electron chi connectivity index (χ2n) is 7.78. The number of hydrogen-bond acceptors (Lipinski definition) is 4. The maximum atomic E-state index is 13.6. The number of para-hydroxylation sites is 1. The minimum Gasteiger partial charge on any atom is -0.274 e. The molecule has 6 nitrogen and oxygen atoms in total. The molecule has 166 valence electrons. The summed E-state index contributed by atoms with van der Waals surface area (Å²) in [6.07, 6.45) is 0. The fraction of sp³-hybridized carbons (Fsp3) is 0.125. The molecule has 2 heterocycles. The maximum Gasteiger partial charge on any atom is 0.268 e. The zero-order valence-corrected chi connectivity index (χ0v) is 20.0. The molecule has 2 saturated heterocycles. The second-order valence-corrected chi connectivity index (χ2v) is 9.54. The number of rotatable bonds is 3. The van der Waals surface area contributed by atoms with Crippen molar-refractivity contribution in [2.24, 2.45) is 5.92 Å². The Kier molecular flexibility index (Phi) is 5.74. The second kappa shape index (κ2) is 8.57. The van der Waals surface area contributed by atoms with Crippen LogP contribution >= 0.6 is 39.1 Å². The predicted octanol–water partition coefficient (Wildman–Crippen LogP) is 5.02. The summed E-state index contributed by atoms with van der Waals surface area (Å²) in [5, 5.41) is 2.09. The molecule has 3 amide bonds. The smallest absolute Gasteiger partial charge is 0.268 e. The molecule has 2 fully saturated rings. The molecule has 2 aliphatic heterocycles. The van der Waals surface area contributed by atoms with Gasteiger partial charge in [-0.3, -0.25) is 19.4 Å². The van der Waals surface area contributed by atoms with E-state index in [9.17, 15) is 14.4 Å². The van der Waals surface area contributed by atoms with Crippen LogP contribution in [0.2, 0.25) is 10.0 Å². The summed E-state index contributed by atoms with van der Waals surface area (Å²) in [6.45, 7) is 0. The van der Waals surface area contributed by atoms with Gasteiger partial charge >= 0.3 is 0 Å². The Morgan fingerprint density at radius 2 is 1.64 bits per heavy atom. The van der Waals surface area contributed by atoms with Crippen molar-refractivity contribution in [2.75, 3.05) is 4.90 Å². The summed E-state index contributed by atoms with van der Waals surface area (Å²) < 4.78 is 0.727. The molecule has 1 N–H and O–H groups in total. The molecule has 3 atom stereocenters. The average Bonchev–Trinajstić information content (AvgIpc) is 3.31. The number of benzene rings is 3. The Labute approximate surface area is 208 Å². The van der Waals surface area contributed by atoms with Crippen molar-refractivity contribution in [2.45, 2.75) is 12.1 Å². The van der Waals surface area contributed by atoms with Gasteiger partial charge < -0.3 is 0 Å². The van der Waals surface area contributed by atoms with Crippen molar-refractivity contribution in [3.05, 3.63) is 98.4 Å². The van der Waals surface area contributed by atoms with Gasteiger partial charge in [0.1, 0.15) is 6.04 Å². The van der Waals surface area contributed by atoms with E-state index in [1.165, 1.54) is 5.01 Å². The molecule has 0 bridgehead atoms. The quantitative estimate of drug-likeness (QED) is 0.470. The van der Waals surface area contributed by atoms with Gasteiger partial charge in [-0.05, 0) is 48.0 Å². The van der Waals surface area contributed by atoms with Crippen LogP contribution in [-0.4, -0.2) is 28.8 Å². The van der Waals surface area contributed by atoms with E-state index in [0.717, 1.165) is 14.9 Å². The Morgan fingerprint density at radius 1 is 0.909 bits per heavy atom. The van der Waals surface area contributed by atoms with Crippen LogP contribution in [0.5, 0.6) is 0 Å². The predicted molar refractivity (Wildman–Crippen MR) is 129 cm³/mol. The molecule has 3 aromatic carbocycles. The molecule has 9 heteroatoms. The highest BCUT2D eigenvalue weighted by molar-refractivity contribution is 9.10. The van der Waals surface area contributed by atoms with Gasteiger partial charge in [0.2, 0.25) is 5.91 Å². The number of imide groups is 1. The molecule has 0 aliphatic carbocycles. The third-order valence-electron chi connectivity index (χ3n) is 5.85. The first-order chi connectivity index (χ1) is 15.9. The van der Waals surface area contributed by atoms with Crippen molar-refractivity contribution in [3.63, 3.8) is 0 Å². The number of hydrazine groups is 1. The number of nitrogens with one attached hydrogen (secondary N) is 1. The first kappa shape index (κ1) is 22.1. The Balaban J connectivity index is 1.60. The number of anilines is 1. The van der Waals surface area contributed by atoms with Crippen molar-refractivity contribution in [1.82, 2.24) is 10.4 Å². The van der Waals surface area contributed by atoms with Gasteiger partial charge in [-0.1, -0.05) is 69.5 Å². The lowest BCUT2D eigenvalue weighted by Gasteiger charge is -2.25. The molecule has 0 saturated carbocycles. The van der Waals surface area contributed by atoms with E-state index in [2.05, 4.69) is 21.4 Å². The van der Waals surface area contributed by atoms with Crippen LogP contribution in [0.3, 0.4) is 0 Å². The van der Waals surface area contributed by atoms with Crippen LogP contribution in [0.1, 0.15) is 22.0 Å². The molecule has 0 unspecified atom stereocenters. The Hall–Kier alpha value is -2.71. The molecular weight excluding hydrogens is 529 g/mol. The van der Waals surface area contributed by atoms with Gasteiger partial charge in [-0.2, -0.15) is 0 Å². The molecule has 0 spiro atoms. The number of fused-ring (bicyclic) bond motifs is 1. The van der Waals surface area contributed by atoms with E-state index in [1.54, 1.807) is 72.8 Å². The SMILES string of the molecule is O=C1[C@@H]2[C@@H](c3ccc(Cl)cc3)NN(C(=O)c3cccc(Br)c3)[C@H]2C(=O)N1c1ccccc1Cl. The number of carbonyl (C=O) groups is 3. The molecule has 3 aromatic rings. The number of halogens is 3. The minimum absolute atomic E-state index is 0.278. The van der Waals surface area contributed by atoms with Gasteiger partial charge in [0.15, 0.2) is 0 Å². The first-order valence-corrected chi connectivity index (χ1v) is 11.6. The summed E-state index contributed by atoms with van der Waals surface area (Å²) in [6, 6.07) is 18.9. The summed E-state index contributed by atoms with van der Waals surface area (Å²) >= 11 is 15.7. The lowest BCUT2D eigenvalue weighted by molar-refractivity contribution is -0.123. The summed E-state index contributed by atoms with van der Waals surface area (Å²) in [5.41, 5.74) is 4.53. The van der Waals surface area contributed by atoms with E-state index in [4.69, 9.17) is 23.2 Å². The summed E-state index contributed by atoms with van der Waals surface area (Å²) in [5.74, 6) is -2.17. The van der Waals surface area contributed by atoms with Crippen LogP contribution in [-0.2, 0) is 9.59 Å². The van der Waals surface area contributed by atoms with Crippen LogP contribution in [0.4, 0.5) is 5.69 Å². The van der Waals surface area contributed by atoms with Gasteiger partial charge in [0.25, 0.3) is 11.8 Å². The van der Waals surface area contributed by atoms with Crippen LogP contribution in [0.15, 0.2) is 77.3 Å². The van der Waals surface area contributed by atoms with Crippen molar-refractivity contribution in [1.29, 1.82) is 0 Å². The Bertz CT molecular complexity index is 1280. The highest BCUT2D eigenvalue weighted by atomic mass is 79.9. The fourth-order valence-corrected chi connectivity index (χ4v) is 5.10. The largest absolute Gasteiger partial charge is 0.274 e. The number of carbonyl (C=O) groups excluding carboxylic acids is 3. The van der Waals surface area contributed by atoms with Crippen molar-refractivity contribution >= 4 is 62.5 Å². The number of nitrogens with zero attached hydrogens (tertiary/aromatic N) is 2. The normalized spacial score (nSPS) is 22.1.